The largest absolute Gasteiger partial charge is 0.378 e. The van der Waals surface area contributed by atoms with Gasteiger partial charge in [-0.2, -0.15) is 0 Å². The zero-order chi connectivity index (χ0) is 38.6. The summed E-state index contributed by atoms with van der Waals surface area (Å²) < 4.78 is 119. The highest BCUT2D eigenvalue weighted by atomic mass is 32.2. The first-order chi connectivity index (χ1) is 24.0. The molecule has 19 heteroatoms. The van der Waals surface area contributed by atoms with Crippen LogP contribution < -0.4 is 20.1 Å². The fourth-order valence-corrected chi connectivity index (χ4v) is 7.55. The van der Waals surface area contributed by atoms with Gasteiger partial charge in [-0.1, -0.05) is 13.8 Å². The van der Waals surface area contributed by atoms with Crippen molar-refractivity contribution in [3.63, 3.8) is 0 Å². The summed E-state index contributed by atoms with van der Waals surface area (Å²) in [6, 6.07) is 11.2. The molecule has 0 saturated heterocycles. The van der Waals surface area contributed by atoms with Crippen LogP contribution in [-0.4, -0.2) is 121 Å². The molecule has 15 nitrogen and oxygen atoms in total. The molecule has 0 aliphatic rings. The molecule has 2 aromatic carbocycles. The molecule has 0 fully saturated rings. The summed E-state index contributed by atoms with van der Waals surface area (Å²) in [6.45, 7) is 13.8. The van der Waals surface area contributed by atoms with E-state index in [0.717, 1.165) is 0 Å². The zero-order valence-corrected chi connectivity index (χ0v) is 33.6. The molecule has 4 N–H and O–H groups in total. The van der Waals surface area contributed by atoms with Gasteiger partial charge in [0.05, 0.1) is 71.4 Å². The van der Waals surface area contributed by atoms with E-state index in [4.69, 9.17) is 14.2 Å². The molecule has 2 rings (SSSR count). The van der Waals surface area contributed by atoms with Crippen molar-refractivity contribution in [3.05, 3.63) is 48.5 Å². The Kier molecular flexibility index (Phi) is 21.4. The second-order valence-corrected chi connectivity index (χ2v) is 20.1. The molecule has 51 heavy (non-hydrogen) atoms. The van der Waals surface area contributed by atoms with Gasteiger partial charge in [0.15, 0.2) is 19.7 Å². The van der Waals surface area contributed by atoms with E-state index < -0.39 is 50.2 Å². The van der Waals surface area contributed by atoms with Gasteiger partial charge in [0.25, 0.3) is 0 Å². The first kappa shape index (κ1) is 46.7. The van der Waals surface area contributed by atoms with Crippen molar-refractivity contribution in [2.75, 3.05) is 86.8 Å². The molecule has 2 aromatic rings. The molecule has 0 aliphatic heterocycles. The van der Waals surface area contributed by atoms with E-state index in [1.165, 1.54) is 48.5 Å². The number of sulfone groups is 2. The molecule has 0 saturated carbocycles. The van der Waals surface area contributed by atoms with Crippen molar-refractivity contribution in [1.29, 1.82) is 0 Å². The van der Waals surface area contributed by atoms with Crippen molar-refractivity contribution in [3.8, 4) is 0 Å². The molecular weight excluding hydrogens is 745 g/mol. The van der Waals surface area contributed by atoms with Crippen LogP contribution in [0.2, 0.25) is 0 Å². The number of anilines is 2. The van der Waals surface area contributed by atoms with E-state index in [1.807, 2.05) is 13.8 Å². The molecule has 0 radical (unpaired) electrons. The van der Waals surface area contributed by atoms with Gasteiger partial charge in [-0.25, -0.2) is 33.7 Å². The third kappa shape index (κ3) is 18.3. The molecule has 294 valence electrons. The average molecular weight is 801 g/mol. The molecule has 0 amide bonds. The summed E-state index contributed by atoms with van der Waals surface area (Å²) in [5, 5.41) is 4.81. The number of benzene rings is 2. The molecule has 0 aliphatic carbocycles. The third-order valence-electron chi connectivity index (χ3n) is 6.87. The average Bonchev–Trinajstić information content (AvgIpc) is 3.07. The van der Waals surface area contributed by atoms with E-state index in [-0.39, 0.29) is 34.4 Å². The first-order valence-electron chi connectivity index (χ1n) is 16.8. The predicted octanol–water partition coefficient (Wildman–Crippen LogP) is 2.49. The molecule has 0 atom stereocenters. The summed E-state index contributed by atoms with van der Waals surface area (Å²) >= 11 is 0. The topological polar surface area (TPSA) is 212 Å². The molecule has 0 heterocycles. The summed E-state index contributed by atoms with van der Waals surface area (Å²) in [5.41, 5.74) is 0.603. The Hall–Kier alpha value is -2.36. The van der Waals surface area contributed by atoms with Gasteiger partial charge in [0.1, 0.15) is 0 Å². The summed E-state index contributed by atoms with van der Waals surface area (Å²) in [4.78, 5) is 0.220. The standard InChI is InChI=1S/C30H50N4O11S4.C2H6/c1-25(2)48(39,40)33-27-5-9-29(10-6-27)46(35,36)23-15-31-13-17-43-19-21-45-22-20-44-18-14-32-16-24-47(37,38)30-11-7-28(8-12-30)34-49(41,42)26(3)4;1-2/h5-12,25-26,31-34H,13-24H2,1-4H3;1-2H3. The second kappa shape index (κ2) is 23.3. The Morgan fingerprint density at radius 3 is 1.06 bits per heavy atom. The lowest BCUT2D eigenvalue weighted by atomic mass is 10.3. The van der Waals surface area contributed by atoms with Crippen LogP contribution in [0, 0.1) is 0 Å². The summed E-state index contributed by atoms with van der Waals surface area (Å²) in [5.74, 6) is -0.241. The minimum atomic E-state index is -3.54. The van der Waals surface area contributed by atoms with Gasteiger partial charge in [-0.3, -0.25) is 9.44 Å². The maximum atomic E-state index is 12.5. The highest BCUT2D eigenvalue weighted by Gasteiger charge is 2.19. The highest BCUT2D eigenvalue weighted by Crippen LogP contribution is 2.18. The second-order valence-electron chi connectivity index (χ2n) is 11.4. The van der Waals surface area contributed by atoms with Crippen LogP contribution in [-0.2, 0) is 53.9 Å². The van der Waals surface area contributed by atoms with Crippen molar-refractivity contribution < 1.29 is 47.9 Å². The van der Waals surface area contributed by atoms with Crippen molar-refractivity contribution >= 4 is 51.1 Å². The van der Waals surface area contributed by atoms with Crippen molar-refractivity contribution in [2.45, 2.75) is 61.8 Å². The Labute approximate surface area is 305 Å². The first-order valence-corrected chi connectivity index (χ1v) is 23.2. The van der Waals surface area contributed by atoms with Crippen molar-refractivity contribution in [1.82, 2.24) is 10.6 Å². The fraction of sp³-hybridized carbons (Fsp3) is 0.625. The maximum absolute atomic E-state index is 12.5. The SMILES string of the molecule is CC.CC(C)S(=O)(=O)Nc1ccc(S(=O)(=O)CCNCCOCCOCCOCCNCCS(=O)(=O)c2ccc(NS(=O)(=O)C(C)C)cc2)cc1. The highest BCUT2D eigenvalue weighted by molar-refractivity contribution is 7.93. The Balaban J connectivity index is 0.00000638. The van der Waals surface area contributed by atoms with Gasteiger partial charge < -0.3 is 24.8 Å². The smallest absolute Gasteiger partial charge is 0.235 e. The van der Waals surface area contributed by atoms with Crippen molar-refractivity contribution in [2.24, 2.45) is 0 Å². The number of rotatable bonds is 26. The van der Waals surface area contributed by atoms with Gasteiger partial charge in [0.2, 0.25) is 20.0 Å². The normalized spacial score (nSPS) is 12.5. The zero-order valence-electron chi connectivity index (χ0n) is 30.4. The monoisotopic (exact) mass is 800 g/mol. The molecule has 0 bridgehead atoms. The number of sulfonamides is 2. The van der Waals surface area contributed by atoms with Gasteiger partial charge >= 0.3 is 0 Å². The lowest BCUT2D eigenvalue weighted by Crippen LogP contribution is -2.27. The maximum Gasteiger partial charge on any atom is 0.235 e. The van der Waals surface area contributed by atoms with E-state index in [0.29, 0.717) is 64.1 Å². The molecule has 0 aromatic heterocycles. The number of nitrogens with one attached hydrogen (secondary N) is 4. The van der Waals surface area contributed by atoms with Crippen LogP contribution in [0.15, 0.2) is 58.3 Å². The minimum absolute atomic E-state index is 0.110. The molecule has 0 unspecified atom stereocenters. The minimum Gasteiger partial charge on any atom is -0.378 e. The number of hydrogen-bond donors (Lipinski definition) is 4. The Morgan fingerprint density at radius 2 is 0.765 bits per heavy atom. The van der Waals surface area contributed by atoms with Crippen LogP contribution in [0.4, 0.5) is 11.4 Å². The van der Waals surface area contributed by atoms with Crippen LogP contribution in [0.1, 0.15) is 41.5 Å². The van der Waals surface area contributed by atoms with E-state index >= 15 is 0 Å². The van der Waals surface area contributed by atoms with Crippen LogP contribution in [0.25, 0.3) is 0 Å². The van der Waals surface area contributed by atoms with Gasteiger partial charge in [-0.15, -0.1) is 0 Å². The van der Waals surface area contributed by atoms with E-state index in [9.17, 15) is 33.7 Å². The van der Waals surface area contributed by atoms with Gasteiger partial charge in [0, 0.05) is 37.6 Å². The lowest BCUT2D eigenvalue weighted by molar-refractivity contribution is 0.0158. The Morgan fingerprint density at radius 1 is 0.471 bits per heavy atom. The number of ether oxygens (including phenoxy) is 3. The molecular formula is C32H56N4O11S4. The predicted molar refractivity (Wildman–Crippen MR) is 202 cm³/mol. The lowest BCUT2D eigenvalue weighted by Gasteiger charge is -2.11. The van der Waals surface area contributed by atoms with Crippen LogP contribution in [0.5, 0.6) is 0 Å². The third-order valence-corrected chi connectivity index (χ3v) is 13.9. The van der Waals surface area contributed by atoms with Gasteiger partial charge in [-0.05, 0) is 76.2 Å². The van der Waals surface area contributed by atoms with Crippen LogP contribution in [0.3, 0.4) is 0 Å². The summed E-state index contributed by atoms with van der Waals surface area (Å²) in [7, 11) is -14.1. The number of hydrogen-bond acceptors (Lipinski definition) is 13. The fourth-order valence-electron chi connectivity index (χ4n) is 3.75. The Bertz CT molecular complexity index is 1570. The summed E-state index contributed by atoms with van der Waals surface area (Å²) in [6.07, 6.45) is 0. The van der Waals surface area contributed by atoms with E-state index in [2.05, 4.69) is 20.1 Å². The van der Waals surface area contributed by atoms with E-state index in [1.54, 1.807) is 27.7 Å². The molecule has 0 spiro atoms. The quantitative estimate of drug-likeness (QED) is 0.101. The van der Waals surface area contributed by atoms with Crippen LogP contribution >= 0.6 is 0 Å².